The fourth-order valence-corrected chi connectivity index (χ4v) is 4.58. The molecule has 3 atom stereocenters. The molecule has 0 bridgehead atoms. The Morgan fingerprint density at radius 1 is 1.05 bits per heavy atom. The molecule has 1 heterocycles. The second-order valence-corrected chi connectivity index (χ2v) is 7.99. The van der Waals surface area contributed by atoms with E-state index in [0.717, 1.165) is 38.6 Å². The van der Waals surface area contributed by atoms with Crippen LogP contribution in [0.5, 0.6) is 0 Å². The van der Waals surface area contributed by atoms with E-state index in [0.29, 0.717) is 17.9 Å². The van der Waals surface area contributed by atoms with E-state index in [1.807, 2.05) is 0 Å². The second-order valence-electron chi connectivity index (χ2n) is 7.99. The van der Waals surface area contributed by atoms with Gasteiger partial charge in [-0.25, -0.2) is 0 Å². The molecule has 4 nitrogen and oxygen atoms in total. The molecule has 3 unspecified atom stereocenters. The van der Waals surface area contributed by atoms with Gasteiger partial charge < -0.3 is 21.1 Å². The minimum atomic E-state index is -0.0573. The summed E-state index contributed by atoms with van der Waals surface area (Å²) in [6, 6.07) is 1.32. The second kappa shape index (κ2) is 8.09. The Morgan fingerprint density at radius 2 is 1.82 bits per heavy atom. The molecule has 1 aliphatic heterocycles. The van der Waals surface area contributed by atoms with Crippen LogP contribution in [-0.2, 0) is 0 Å². The lowest BCUT2D eigenvalue weighted by Gasteiger charge is -2.40. The molecule has 2 aliphatic carbocycles. The molecule has 128 valence electrons. The summed E-state index contributed by atoms with van der Waals surface area (Å²) < 4.78 is 0. The van der Waals surface area contributed by atoms with E-state index in [9.17, 15) is 5.11 Å². The number of aliphatic hydroxyl groups excluding tert-OH is 1. The summed E-state index contributed by atoms with van der Waals surface area (Å²) in [7, 11) is 0. The fourth-order valence-electron chi connectivity index (χ4n) is 4.58. The summed E-state index contributed by atoms with van der Waals surface area (Å²) >= 11 is 0. The number of nitrogens with two attached hydrogens (primary N) is 1. The van der Waals surface area contributed by atoms with Crippen molar-refractivity contribution in [2.24, 2.45) is 17.6 Å². The van der Waals surface area contributed by atoms with Crippen molar-refractivity contribution < 1.29 is 5.11 Å². The zero-order chi connectivity index (χ0) is 15.4. The predicted molar refractivity (Wildman–Crippen MR) is 90.7 cm³/mol. The molecular weight excluding hydrogens is 274 g/mol. The molecule has 0 spiro atoms. The van der Waals surface area contributed by atoms with Crippen LogP contribution in [0, 0.1) is 11.8 Å². The minimum Gasteiger partial charge on any atom is -0.393 e. The van der Waals surface area contributed by atoms with Gasteiger partial charge in [-0.05, 0) is 50.4 Å². The van der Waals surface area contributed by atoms with Gasteiger partial charge in [0.1, 0.15) is 0 Å². The summed E-state index contributed by atoms with van der Waals surface area (Å²) in [6.45, 7) is 4.01. The number of hydrogen-bond donors (Lipinski definition) is 3. The van der Waals surface area contributed by atoms with Gasteiger partial charge in [0.2, 0.25) is 0 Å². The maximum absolute atomic E-state index is 10.3. The molecule has 0 aromatic carbocycles. The van der Waals surface area contributed by atoms with Crippen molar-refractivity contribution in [1.82, 2.24) is 10.2 Å². The zero-order valence-corrected chi connectivity index (χ0v) is 14.1. The number of piperidine rings is 1. The first-order chi connectivity index (χ1) is 10.7. The fraction of sp³-hybridized carbons (Fsp3) is 1.00. The van der Waals surface area contributed by atoms with Crippen molar-refractivity contribution in [1.29, 1.82) is 0 Å². The topological polar surface area (TPSA) is 61.5 Å². The number of hydrogen-bond acceptors (Lipinski definition) is 4. The molecule has 22 heavy (non-hydrogen) atoms. The SMILES string of the molecule is NCCN1CC(CC(O)C2CC2)CC(NC2CCCCC2)C1. The molecular formula is C18H35N3O. The molecule has 4 N–H and O–H groups in total. The molecule has 3 fully saturated rings. The van der Waals surface area contributed by atoms with Crippen LogP contribution < -0.4 is 11.1 Å². The largest absolute Gasteiger partial charge is 0.393 e. The first-order valence-electron chi connectivity index (χ1n) is 9.61. The van der Waals surface area contributed by atoms with E-state index >= 15 is 0 Å². The molecule has 0 aromatic rings. The highest BCUT2D eigenvalue weighted by atomic mass is 16.3. The third kappa shape index (κ3) is 4.92. The van der Waals surface area contributed by atoms with E-state index in [4.69, 9.17) is 5.73 Å². The van der Waals surface area contributed by atoms with Gasteiger partial charge in [-0.15, -0.1) is 0 Å². The lowest BCUT2D eigenvalue weighted by Crippen LogP contribution is -2.53. The molecule has 3 aliphatic rings. The van der Waals surface area contributed by atoms with E-state index < -0.39 is 0 Å². The van der Waals surface area contributed by atoms with Gasteiger partial charge in [0, 0.05) is 38.3 Å². The van der Waals surface area contributed by atoms with Crippen LogP contribution in [0.25, 0.3) is 0 Å². The van der Waals surface area contributed by atoms with Crippen molar-refractivity contribution in [2.75, 3.05) is 26.2 Å². The lowest BCUT2D eigenvalue weighted by molar-refractivity contribution is 0.0726. The summed E-state index contributed by atoms with van der Waals surface area (Å²) in [4.78, 5) is 2.52. The van der Waals surface area contributed by atoms with Crippen LogP contribution in [0.4, 0.5) is 0 Å². The highest BCUT2D eigenvalue weighted by molar-refractivity contribution is 4.90. The monoisotopic (exact) mass is 309 g/mol. The van der Waals surface area contributed by atoms with E-state index in [1.54, 1.807) is 0 Å². The van der Waals surface area contributed by atoms with Gasteiger partial charge in [0.25, 0.3) is 0 Å². The molecule has 0 aromatic heterocycles. The Bertz CT molecular complexity index is 328. The van der Waals surface area contributed by atoms with Gasteiger partial charge in [-0.2, -0.15) is 0 Å². The van der Waals surface area contributed by atoms with Gasteiger partial charge >= 0.3 is 0 Å². The highest BCUT2D eigenvalue weighted by Gasteiger charge is 2.34. The van der Waals surface area contributed by atoms with Crippen molar-refractivity contribution in [3.8, 4) is 0 Å². The number of nitrogens with one attached hydrogen (secondary N) is 1. The number of rotatable bonds is 7. The third-order valence-corrected chi connectivity index (χ3v) is 5.88. The Balaban J connectivity index is 1.51. The summed E-state index contributed by atoms with van der Waals surface area (Å²) in [6.07, 6.45) is 11.5. The van der Waals surface area contributed by atoms with Crippen LogP contribution in [0.1, 0.15) is 57.8 Å². The van der Waals surface area contributed by atoms with Crippen molar-refractivity contribution in [3.05, 3.63) is 0 Å². The van der Waals surface area contributed by atoms with Crippen LogP contribution in [0.15, 0.2) is 0 Å². The average molecular weight is 309 g/mol. The summed E-state index contributed by atoms with van der Waals surface area (Å²) in [5.41, 5.74) is 5.78. The predicted octanol–water partition coefficient (Wildman–Crippen LogP) is 1.72. The molecule has 3 rings (SSSR count). The van der Waals surface area contributed by atoms with Crippen molar-refractivity contribution in [2.45, 2.75) is 76.0 Å². The Kier molecular flexibility index (Phi) is 6.14. The van der Waals surface area contributed by atoms with Crippen LogP contribution in [0.2, 0.25) is 0 Å². The van der Waals surface area contributed by atoms with Gasteiger partial charge in [-0.1, -0.05) is 19.3 Å². The number of likely N-dealkylation sites (tertiary alicyclic amines) is 1. The third-order valence-electron chi connectivity index (χ3n) is 5.88. The highest BCUT2D eigenvalue weighted by Crippen LogP contribution is 2.36. The maximum atomic E-state index is 10.3. The summed E-state index contributed by atoms with van der Waals surface area (Å²) in [5, 5.41) is 14.2. The van der Waals surface area contributed by atoms with Gasteiger partial charge in [0.15, 0.2) is 0 Å². The Morgan fingerprint density at radius 3 is 2.50 bits per heavy atom. The van der Waals surface area contributed by atoms with E-state index in [1.165, 1.54) is 51.4 Å². The van der Waals surface area contributed by atoms with Gasteiger partial charge in [0.05, 0.1) is 6.10 Å². The van der Waals surface area contributed by atoms with Gasteiger partial charge in [-0.3, -0.25) is 0 Å². The smallest absolute Gasteiger partial charge is 0.0571 e. The lowest BCUT2D eigenvalue weighted by atomic mass is 9.87. The molecule has 0 radical (unpaired) electrons. The van der Waals surface area contributed by atoms with Crippen LogP contribution in [-0.4, -0.2) is 54.4 Å². The standard InChI is InChI=1S/C18H35N3O/c19-8-9-21-12-14(11-18(22)15-6-7-15)10-17(13-21)20-16-4-2-1-3-5-16/h14-18,20,22H,1-13,19H2. The van der Waals surface area contributed by atoms with E-state index in [-0.39, 0.29) is 6.10 Å². The Labute approximate surface area is 135 Å². The molecule has 1 saturated heterocycles. The van der Waals surface area contributed by atoms with Crippen LogP contribution in [0.3, 0.4) is 0 Å². The first-order valence-corrected chi connectivity index (χ1v) is 9.61. The van der Waals surface area contributed by atoms with Crippen LogP contribution >= 0.6 is 0 Å². The number of nitrogens with zero attached hydrogens (tertiary/aromatic N) is 1. The summed E-state index contributed by atoms with van der Waals surface area (Å²) in [5.74, 6) is 1.24. The maximum Gasteiger partial charge on any atom is 0.0571 e. The molecule has 0 amide bonds. The number of aliphatic hydroxyl groups is 1. The normalized spacial score (nSPS) is 33.0. The molecule has 2 saturated carbocycles. The minimum absolute atomic E-state index is 0.0573. The van der Waals surface area contributed by atoms with Crippen molar-refractivity contribution in [3.63, 3.8) is 0 Å². The molecule has 4 heteroatoms. The first kappa shape index (κ1) is 16.7. The van der Waals surface area contributed by atoms with E-state index in [2.05, 4.69) is 10.2 Å². The average Bonchev–Trinajstić information content (AvgIpc) is 3.33. The quantitative estimate of drug-likeness (QED) is 0.670. The Hall–Kier alpha value is -0.160. The zero-order valence-electron chi connectivity index (χ0n) is 14.1. The van der Waals surface area contributed by atoms with Crippen molar-refractivity contribution >= 4 is 0 Å².